The second kappa shape index (κ2) is 6.44. The molecule has 0 saturated carbocycles. The summed E-state index contributed by atoms with van der Waals surface area (Å²) in [6, 6.07) is 4.71. The van der Waals surface area contributed by atoms with Gasteiger partial charge in [0.15, 0.2) is 5.69 Å². The number of esters is 1. The van der Waals surface area contributed by atoms with Gasteiger partial charge in [-0.05, 0) is 19.1 Å². The maximum Gasteiger partial charge on any atom is 0.360 e. The molecule has 1 aromatic heterocycles. The van der Waals surface area contributed by atoms with Gasteiger partial charge in [0.2, 0.25) is 0 Å². The number of carbonyl (C=O) groups is 1. The van der Waals surface area contributed by atoms with Crippen molar-refractivity contribution < 1.29 is 9.53 Å². The predicted molar refractivity (Wildman–Crippen MR) is 83.7 cm³/mol. The van der Waals surface area contributed by atoms with Gasteiger partial charge >= 0.3 is 5.97 Å². The molecule has 0 aliphatic carbocycles. The Morgan fingerprint density at radius 1 is 1.41 bits per heavy atom. The van der Waals surface area contributed by atoms with Crippen molar-refractivity contribution in [2.45, 2.75) is 6.92 Å². The van der Waals surface area contributed by atoms with Crippen LogP contribution in [0, 0.1) is 11.3 Å². The highest BCUT2D eigenvalue weighted by atomic mass is 35.5. The average Bonchev–Trinajstić information content (AvgIpc) is 2.75. The molecule has 0 atom stereocenters. The van der Waals surface area contributed by atoms with Gasteiger partial charge in [-0.3, -0.25) is 0 Å². The Hall–Kier alpha value is -1.94. The molecular formula is C13H9Cl3N4O2. The van der Waals surface area contributed by atoms with E-state index in [1.54, 1.807) is 6.92 Å². The molecule has 0 amide bonds. The first-order valence-corrected chi connectivity index (χ1v) is 7.14. The number of aromatic nitrogens is 2. The molecule has 22 heavy (non-hydrogen) atoms. The number of benzene rings is 1. The summed E-state index contributed by atoms with van der Waals surface area (Å²) in [5, 5.41) is 13.9. The number of nitrogen functional groups attached to an aromatic ring is 1. The van der Waals surface area contributed by atoms with Gasteiger partial charge < -0.3 is 10.5 Å². The Labute approximate surface area is 140 Å². The zero-order chi connectivity index (χ0) is 16.4. The summed E-state index contributed by atoms with van der Waals surface area (Å²) >= 11 is 18.1. The van der Waals surface area contributed by atoms with Gasteiger partial charge in [0, 0.05) is 5.02 Å². The summed E-state index contributed by atoms with van der Waals surface area (Å²) in [5.41, 5.74) is 5.78. The lowest BCUT2D eigenvalue weighted by atomic mass is 10.2. The number of hydrogen-bond acceptors (Lipinski definition) is 5. The van der Waals surface area contributed by atoms with Crippen LogP contribution in [-0.2, 0) is 4.74 Å². The van der Waals surface area contributed by atoms with Crippen LogP contribution in [-0.4, -0.2) is 22.4 Å². The summed E-state index contributed by atoms with van der Waals surface area (Å²) < 4.78 is 5.96. The molecule has 1 aromatic carbocycles. The van der Waals surface area contributed by atoms with Gasteiger partial charge in [-0.1, -0.05) is 34.8 Å². The van der Waals surface area contributed by atoms with Gasteiger partial charge in [0.1, 0.15) is 23.1 Å². The van der Waals surface area contributed by atoms with E-state index in [9.17, 15) is 10.1 Å². The lowest BCUT2D eigenvalue weighted by Crippen LogP contribution is -2.08. The highest BCUT2D eigenvalue weighted by Crippen LogP contribution is 2.34. The first-order chi connectivity index (χ1) is 10.4. The fourth-order valence-electron chi connectivity index (χ4n) is 1.79. The number of hydrogen-bond donors (Lipinski definition) is 1. The molecule has 0 radical (unpaired) electrons. The van der Waals surface area contributed by atoms with E-state index in [0.29, 0.717) is 5.02 Å². The van der Waals surface area contributed by atoms with Crippen molar-refractivity contribution in [2.75, 3.05) is 12.3 Å². The molecule has 0 spiro atoms. The zero-order valence-electron chi connectivity index (χ0n) is 11.2. The van der Waals surface area contributed by atoms with Crippen molar-refractivity contribution in [3.63, 3.8) is 0 Å². The third-order valence-corrected chi connectivity index (χ3v) is 3.49. The van der Waals surface area contributed by atoms with Gasteiger partial charge in [0.05, 0.1) is 16.7 Å². The maximum atomic E-state index is 11.9. The van der Waals surface area contributed by atoms with E-state index in [-0.39, 0.29) is 39.4 Å². The molecule has 0 unspecified atom stereocenters. The largest absolute Gasteiger partial charge is 0.461 e. The Balaban J connectivity index is 2.69. The fraction of sp³-hybridized carbons (Fsp3) is 0.154. The third-order valence-electron chi connectivity index (χ3n) is 2.70. The van der Waals surface area contributed by atoms with Gasteiger partial charge in [-0.15, -0.1) is 0 Å². The van der Waals surface area contributed by atoms with Crippen LogP contribution in [0.1, 0.15) is 23.0 Å². The number of nitrogens with two attached hydrogens (primary N) is 1. The zero-order valence-corrected chi connectivity index (χ0v) is 13.5. The predicted octanol–water partition coefficient (Wildman–Crippen LogP) is 3.46. The number of ether oxygens (including phenoxy) is 1. The van der Waals surface area contributed by atoms with Gasteiger partial charge in [-0.2, -0.15) is 10.4 Å². The first-order valence-electron chi connectivity index (χ1n) is 6.01. The Bertz CT molecular complexity index is 772. The Morgan fingerprint density at radius 3 is 2.50 bits per heavy atom. The molecule has 2 N–H and O–H groups in total. The summed E-state index contributed by atoms with van der Waals surface area (Å²) in [4.78, 5) is 11.9. The smallest absolute Gasteiger partial charge is 0.360 e. The minimum absolute atomic E-state index is 0.0725. The molecular weight excluding hydrogens is 351 g/mol. The fourth-order valence-corrected chi connectivity index (χ4v) is 2.77. The number of carbonyl (C=O) groups excluding carboxylic acids is 1. The number of anilines is 1. The second-order valence-corrected chi connectivity index (χ2v) is 5.32. The SMILES string of the molecule is CCOC(=O)c1nn(-c2c(Cl)cc(Cl)cc2Cl)c(N)c1C#N. The summed E-state index contributed by atoms with van der Waals surface area (Å²) in [7, 11) is 0. The number of nitrogens with zero attached hydrogens (tertiary/aromatic N) is 3. The van der Waals surface area contributed by atoms with E-state index in [1.807, 2.05) is 6.07 Å². The Kier molecular flexibility index (Phi) is 4.81. The van der Waals surface area contributed by atoms with E-state index in [4.69, 9.17) is 45.3 Å². The van der Waals surface area contributed by atoms with E-state index >= 15 is 0 Å². The summed E-state index contributed by atoms with van der Waals surface area (Å²) in [6.07, 6.45) is 0. The molecule has 2 aromatic rings. The van der Waals surface area contributed by atoms with E-state index in [2.05, 4.69) is 5.10 Å². The highest BCUT2D eigenvalue weighted by molar-refractivity contribution is 6.40. The van der Waals surface area contributed by atoms with E-state index < -0.39 is 5.97 Å². The van der Waals surface area contributed by atoms with Crippen LogP contribution in [0.25, 0.3) is 5.69 Å². The number of halogens is 3. The number of nitriles is 1. The first kappa shape index (κ1) is 16.4. The van der Waals surface area contributed by atoms with E-state index in [1.165, 1.54) is 12.1 Å². The standard InChI is InChI=1S/C13H9Cl3N4O2/c1-2-22-13(21)10-7(5-17)12(18)20(19-10)11-8(15)3-6(14)4-9(11)16/h3-4H,2,18H2,1H3. The Morgan fingerprint density at radius 2 is 2.00 bits per heavy atom. The van der Waals surface area contributed by atoms with Crippen LogP contribution >= 0.6 is 34.8 Å². The van der Waals surface area contributed by atoms with Crippen LogP contribution in [0.2, 0.25) is 15.1 Å². The third kappa shape index (κ3) is 2.83. The average molecular weight is 360 g/mol. The molecule has 0 saturated heterocycles. The molecule has 0 fully saturated rings. The quantitative estimate of drug-likeness (QED) is 0.847. The topological polar surface area (TPSA) is 93.9 Å². The van der Waals surface area contributed by atoms with Crippen LogP contribution in [0.3, 0.4) is 0 Å². The monoisotopic (exact) mass is 358 g/mol. The maximum absolute atomic E-state index is 11.9. The lowest BCUT2D eigenvalue weighted by Gasteiger charge is -2.09. The van der Waals surface area contributed by atoms with Gasteiger partial charge in [-0.25, -0.2) is 9.48 Å². The van der Waals surface area contributed by atoms with Crippen molar-refractivity contribution in [1.29, 1.82) is 5.26 Å². The molecule has 0 bridgehead atoms. The van der Waals surface area contributed by atoms with E-state index in [0.717, 1.165) is 4.68 Å². The molecule has 9 heteroatoms. The molecule has 6 nitrogen and oxygen atoms in total. The summed E-state index contributed by atoms with van der Waals surface area (Å²) in [5.74, 6) is -0.831. The minimum Gasteiger partial charge on any atom is -0.461 e. The molecule has 2 rings (SSSR count). The second-order valence-electron chi connectivity index (χ2n) is 4.07. The van der Waals surface area contributed by atoms with Crippen LogP contribution in [0.4, 0.5) is 5.82 Å². The summed E-state index contributed by atoms with van der Waals surface area (Å²) in [6.45, 7) is 1.77. The van der Waals surface area contributed by atoms with Crippen molar-refractivity contribution in [3.8, 4) is 11.8 Å². The molecule has 0 aliphatic heterocycles. The van der Waals surface area contributed by atoms with Crippen LogP contribution in [0.5, 0.6) is 0 Å². The lowest BCUT2D eigenvalue weighted by molar-refractivity contribution is 0.0518. The van der Waals surface area contributed by atoms with Gasteiger partial charge in [0.25, 0.3) is 0 Å². The normalized spacial score (nSPS) is 10.3. The van der Waals surface area contributed by atoms with Crippen molar-refractivity contribution in [3.05, 3.63) is 38.5 Å². The molecule has 1 heterocycles. The van der Waals surface area contributed by atoms with Crippen LogP contribution < -0.4 is 5.73 Å². The van der Waals surface area contributed by atoms with Crippen molar-refractivity contribution in [2.24, 2.45) is 0 Å². The van der Waals surface area contributed by atoms with Crippen molar-refractivity contribution in [1.82, 2.24) is 9.78 Å². The number of rotatable bonds is 3. The molecule has 0 aliphatic rings. The minimum atomic E-state index is -0.759. The molecule has 114 valence electrons. The highest BCUT2D eigenvalue weighted by Gasteiger charge is 2.25. The van der Waals surface area contributed by atoms with Crippen molar-refractivity contribution >= 4 is 46.6 Å². The van der Waals surface area contributed by atoms with Crippen LogP contribution in [0.15, 0.2) is 12.1 Å².